The topological polar surface area (TPSA) is 0 Å². The molecule has 0 fully saturated rings. The molecule has 1 radical (unpaired) electrons. The largest absolute Gasteiger partial charge is 0.0617 e. The standard InChI is InChI=1S/C9H11/c1-3-9-6-4-5-8(2)7-9/h3-7H,1-2H3. The summed E-state index contributed by atoms with van der Waals surface area (Å²) in [6.07, 6.45) is 2.10. The van der Waals surface area contributed by atoms with E-state index in [1.807, 2.05) is 0 Å². The lowest BCUT2D eigenvalue weighted by Gasteiger charge is -1.94. The monoisotopic (exact) mass is 119 g/mol. The fraction of sp³-hybridized carbons (Fsp3) is 0.222. The summed E-state index contributed by atoms with van der Waals surface area (Å²) in [5.74, 6) is 0. The van der Waals surface area contributed by atoms with Gasteiger partial charge in [0.05, 0.1) is 0 Å². The molecule has 1 rings (SSSR count). The van der Waals surface area contributed by atoms with Gasteiger partial charge in [-0.3, -0.25) is 0 Å². The van der Waals surface area contributed by atoms with Gasteiger partial charge < -0.3 is 0 Å². The Balaban J connectivity index is 2.94. The van der Waals surface area contributed by atoms with Gasteiger partial charge in [-0.05, 0) is 18.9 Å². The first-order valence-electron chi connectivity index (χ1n) is 3.19. The highest BCUT2D eigenvalue weighted by molar-refractivity contribution is 5.26. The lowest BCUT2D eigenvalue weighted by Crippen LogP contribution is -1.76. The van der Waals surface area contributed by atoms with Gasteiger partial charge in [0.2, 0.25) is 0 Å². The second kappa shape index (κ2) is 2.67. The Labute approximate surface area is 56.5 Å². The van der Waals surface area contributed by atoms with E-state index in [0.29, 0.717) is 0 Å². The molecule has 0 aromatic heterocycles. The fourth-order valence-corrected chi connectivity index (χ4v) is 0.850. The van der Waals surface area contributed by atoms with E-state index in [-0.39, 0.29) is 0 Å². The number of hydrogen-bond acceptors (Lipinski definition) is 0. The van der Waals surface area contributed by atoms with Gasteiger partial charge in [-0.2, -0.15) is 0 Å². The molecule has 0 aliphatic rings. The maximum atomic E-state index is 2.17. The molecule has 47 valence electrons. The third kappa shape index (κ3) is 1.56. The summed E-state index contributed by atoms with van der Waals surface area (Å²) >= 11 is 0. The summed E-state index contributed by atoms with van der Waals surface area (Å²) in [4.78, 5) is 0. The van der Waals surface area contributed by atoms with Gasteiger partial charge in [-0.25, -0.2) is 0 Å². The number of aryl methyl sites for hydroxylation is 1. The number of rotatable bonds is 1. The Morgan fingerprint density at radius 3 is 2.56 bits per heavy atom. The van der Waals surface area contributed by atoms with E-state index in [1.54, 1.807) is 0 Å². The Morgan fingerprint density at radius 1 is 1.33 bits per heavy atom. The lowest BCUT2D eigenvalue weighted by atomic mass is 10.1. The van der Waals surface area contributed by atoms with Crippen molar-refractivity contribution in [2.45, 2.75) is 13.8 Å². The normalized spacial score (nSPS) is 9.56. The van der Waals surface area contributed by atoms with Gasteiger partial charge in [-0.15, -0.1) is 0 Å². The van der Waals surface area contributed by atoms with Crippen molar-refractivity contribution >= 4 is 0 Å². The van der Waals surface area contributed by atoms with Gasteiger partial charge in [0.25, 0.3) is 0 Å². The lowest BCUT2D eigenvalue weighted by molar-refractivity contribution is 1.37. The highest BCUT2D eigenvalue weighted by Crippen LogP contribution is 2.04. The highest BCUT2D eigenvalue weighted by Gasteiger charge is 1.86. The first-order chi connectivity index (χ1) is 4.33. The summed E-state index contributed by atoms with van der Waals surface area (Å²) in [7, 11) is 0. The van der Waals surface area contributed by atoms with Crippen LogP contribution < -0.4 is 0 Å². The number of benzene rings is 1. The molecule has 1 aromatic rings. The van der Waals surface area contributed by atoms with E-state index < -0.39 is 0 Å². The summed E-state index contributed by atoms with van der Waals surface area (Å²) in [5, 5.41) is 0. The van der Waals surface area contributed by atoms with E-state index >= 15 is 0 Å². The van der Waals surface area contributed by atoms with E-state index in [2.05, 4.69) is 44.5 Å². The summed E-state index contributed by atoms with van der Waals surface area (Å²) in [6.45, 7) is 4.15. The van der Waals surface area contributed by atoms with Crippen molar-refractivity contribution in [3.63, 3.8) is 0 Å². The minimum Gasteiger partial charge on any atom is -0.0617 e. The zero-order valence-corrected chi connectivity index (χ0v) is 5.89. The molecule has 0 unspecified atom stereocenters. The smallest absolute Gasteiger partial charge is 0.0124 e. The molecule has 9 heavy (non-hydrogen) atoms. The van der Waals surface area contributed by atoms with Gasteiger partial charge in [-0.1, -0.05) is 36.8 Å². The molecule has 0 heteroatoms. The van der Waals surface area contributed by atoms with E-state index in [9.17, 15) is 0 Å². The molecule has 0 amide bonds. The van der Waals surface area contributed by atoms with Crippen LogP contribution in [0.15, 0.2) is 24.3 Å². The van der Waals surface area contributed by atoms with E-state index in [1.165, 1.54) is 11.1 Å². The molecule has 0 saturated carbocycles. The third-order valence-electron chi connectivity index (χ3n) is 1.38. The van der Waals surface area contributed by atoms with Gasteiger partial charge >= 0.3 is 0 Å². The molecule has 0 spiro atoms. The molecule has 0 aliphatic carbocycles. The fourth-order valence-electron chi connectivity index (χ4n) is 0.850. The second-order valence-electron chi connectivity index (χ2n) is 2.20. The van der Waals surface area contributed by atoms with E-state index in [4.69, 9.17) is 0 Å². The van der Waals surface area contributed by atoms with Crippen LogP contribution in [0.1, 0.15) is 18.1 Å². The van der Waals surface area contributed by atoms with Gasteiger partial charge in [0.1, 0.15) is 0 Å². The predicted octanol–water partition coefficient (Wildman–Crippen LogP) is 2.57. The van der Waals surface area contributed by atoms with Crippen molar-refractivity contribution in [1.29, 1.82) is 0 Å². The molecule has 0 nitrogen and oxygen atoms in total. The summed E-state index contributed by atoms with van der Waals surface area (Å²) < 4.78 is 0. The van der Waals surface area contributed by atoms with Crippen molar-refractivity contribution in [1.82, 2.24) is 0 Å². The van der Waals surface area contributed by atoms with Gasteiger partial charge in [0, 0.05) is 0 Å². The first-order valence-corrected chi connectivity index (χ1v) is 3.19. The molecular weight excluding hydrogens is 108 g/mol. The maximum absolute atomic E-state index is 2.17. The van der Waals surface area contributed by atoms with Crippen LogP contribution >= 0.6 is 0 Å². The van der Waals surface area contributed by atoms with Gasteiger partial charge in [0.15, 0.2) is 0 Å². The second-order valence-corrected chi connectivity index (χ2v) is 2.20. The Kier molecular flexibility index (Phi) is 1.88. The summed E-state index contributed by atoms with van der Waals surface area (Å²) in [6, 6.07) is 8.45. The van der Waals surface area contributed by atoms with Crippen molar-refractivity contribution in [3.05, 3.63) is 41.8 Å². The zero-order valence-electron chi connectivity index (χ0n) is 5.89. The minimum absolute atomic E-state index is 1.30. The SMILES string of the molecule is C[CH]c1cccc(C)c1. The zero-order chi connectivity index (χ0) is 6.69. The van der Waals surface area contributed by atoms with Crippen LogP contribution in [0.3, 0.4) is 0 Å². The first kappa shape index (κ1) is 6.34. The van der Waals surface area contributed by atoms with Crippen LogP contribution in [0.25, 0.3) is 0 Å². The van der Waals surface area contributed by atoms with Crippen molar-refractivity contribution in [3.8, 4) is 0 Å². The highest BCUT2D eigenvalue weighted by atomic mass is 13.9. The Bertz CT molecular complexity index is 189. The van der Waals surface area contributed by atoms with Crippen LogP contribution in [0.2, 0.25) is 0 Å². The van der Waals surface area contributed by atoms with E-state index in [0.717, 1.165) is 0 Å². The summed E-state index contributed by atoms with van der Waals surface area (Å²) in [5.41, 5.74) is 2.63. The van der Waals surface area contributed by atoms with Crippen LogP contribution in [0, 0.1) is 13.3 Å². The average Bonchev–Trinajstić information content (AvgIpc) is 1.88. The maximum Gasteiger partial charge on any atom is -0.0124 e. The van der Waals surface area contributed by atoms with Crippen LogP contribution in [0.4, 0.5) is 0 Å². The minimum atomic E-state index is 1.30. The molecule has 0 atom stereocenters. The Hall–Kier alpha value is -0.780. The van der Waals surface area contributed by atoms with Crippen molar-refractivity contribution in [2.75, 3.05) is 0 Å². The van der Waals surface area contributed by atoms with Crippen LogP contribution in [0.5, 0.6) is 0 Å². The predicted molar refractivity (Wildman–Crippen MR) is 40.3 cm³/mol. The Morgan fingerprint density at radius 2 is 2.11 bits per heavy atom. The average molecular weight is 119 g/mol. The molecule has 0 heterocycles. The molecular formula is C9H11. The van der Waals surface area contributed by atoms with Crippen LogP contribution in [-0.4, -0.2) is 0 Å². The number of hydrogen-bond donors (Lipinski definition) is 0. The molecule has 0 bridgehead atoms. The molecule has 0 saturated heterocycles. The molecule has 0 N–H and O–H groups in total. The molecule has 0 aliphatic heterocycles. The van der Waals surface area contributed by atoms with Crippen LogP contribution in [-0.2, 0) is 0 Å². The molecule has 1 aromatic carbocycles. The third-order valence-corrected chi connectivity index (χ3v) is 1.38. The van der Waals surface area contributed by atoms with Crippen molar-refractivity contribution < 1.29 is 0 Å². The van der Waals surface area contributed by atoms with Crippen molar-refractivity contribution in [2.24, 2.45) is 0 Å². The quantitative estimate of drug-likeness (QED) is 0.533.